The maximum atomic E-state index is 6.80. The van der Waals surface area contributed by atoms with Gasteiger partial charge in [-0.3, -0.25) is 0 Å². The van der Waals surface area contributed by atoms with Crippen LogP contribution < -0.4 is 4.90 Å². The summed E-state index contributed by atoms with van der Waals surface area (Å²) in [5.41, 5.74) is 13.0. The fourth-order valence-electron chi connectivity index (χ4n) is 9.24. The van der Waals surface area contributed by atoms with Crippen LogP contribution in [0, 0.1) is 0 Å². The van der Waals surface area contributed by atoms with Gasteiger partial charge in [0.25, 0.3) is 0 Å². The molecular weight excluding hydrogens is 717 g/mol. The summed E-state index contributed by atoms with van der Waals surface area (Å²) >= 11 is 0. The molecule has 59 heavy (non-hydrogen) atoms. The van der Waals surface area contributed by atoms with Crippen molar-refractivity contribution in [3.63, 3.8) is 0 Å². The first-order chi connectivity index (χ1) is 29.3. The first-order valence-corrected chi connectivity index (χ1v) is 20.2. The van der Waals surface area contributed by atoms with Gasteiger partial charge >= 0.3 is 0 Å². The number of para-hydroxylation sites is 4. The number of hydrogen-bond donors (Lipinski definition) is 0. The summed E-state index contributed by atoms with van der Waals surface area (Å²) in [6.07, 6.45) is 0. The van der Waals surface area contributed by atoms with Gasteiger partial charge in [0.1, 0.15) is 11.2 Å². The molecule has 0 N–H and O–H groups in total. The van der Waals surface area contributed by atoms with Crippen LogP contribution in [-0.4, -0.2) is 4.57 Å². The van der Waals surface area contributed by atoms with E-state index in [4.69, 9.17) is 4.42 Å². The third-order valence-corrected chi connectivity index (χ3v) is 12.0. The molecule has 2 aromatic heterocycles. The second-order valence-electron chi connectivity index (χ2n) is 15.3. The summed E-state index contributed by atoms with van der Waals surface area (Å²) < 4.78 is 9.17. The summed E-state index contributed by atoms with van der Waals surface area (Å²) in [5, 5.41) is 9.60. The van der Waals surface area contributed by atoms with Crippen molar-refractivity contribution >= 4 is 82.4 Å². The van der Waals surface area contributed by atoms with Crippen molar-refractivity contribution in [3.8, 4) is 27.9 Å². The number of furan rings is 1. The van der Waals surface area contributed by atoms with E-state index < -0.39 is 0 Å². The van der Waals surface area contributed by atoms with E-state index in [9.17, 15) is 0 Å². The summed E-state index contributed by atoms with van der Waals surface area (Å²) in [4.78, 5) is 2.38. The molecule has 0 saturated carbocycles. The minimum Gasteiger partial charge on any atom is -0.455 e. The zero-order valence-electron chi connectivity index (χ0n) is 32.1. The standard InChI is InChI=1S/C56H36N2O/c1-2-15-40-36-55-51(35-39(40)14-1)50-23-12-22-49(56(50)59-55)48-20-7-8-24-52(48)57(41-29-27-38(28-30-41)45-21-11-16-37-13-3-4-17-44(37)45)42-31-33-43(34-32-42)58-53-25-9-5-18-46(53)47-19-6-10-26-54(47)58/h1-36H. The summed E-state index contributed by atoms with van der Waals surface area (Å²) in [5.74, 6) is 0. The Labute approximate surface area is 341 Å². The zero-order chi connectivity index (χ0) is 38.9. The van der Waals surface area contributed by atoms with Crippen molar-refractivity contribution in [3.05, 3.63) is 218 Å². The van der Waals surface area contributed by atoms with Gasteiger partial charge in [0.15, 0.2) is 0 Å². The van der Waals surface area contributed by atoms with E-state index in [0.717, 1.165) is 55.8 Å². The first-order valence-electron chi connectivity index (χ1n) is 20.2. The number of aromatic nitrogens is 1. The van der Waals surface area contributed by atoms with Crippen LogP contribution >= 0.6 is 0 Å². The van der Waals surface area contributed by atoms with Crippen LogP contribution in [0.1, 0.15) is 0 Å². The van der Waals surface area contributed by atoms with E-state index in [1.54, 1.807) is 0 Å². The molecule has 0 spiro atoms. The molecule has 0 fully saturated rings. The molecule has 0 unspecified atom stereocenters. The summed E-state index contributed by atoms with van der Waals surface area (Å²) in [7, 11) is 0. The van der Waals surface area contributed by atoms with Crippen molar-refractivity contribution in [1.82, 2.24) is 4.57 Å². The molecular formula is C56H36N2O. The Kier molecular flexibility index (Phi) is 7.54. The highest BCUT2D eigenvalue weighted by Crippen LogP contribution is 2.45. The monoisotopic (exact) mass is 752 g/mol. The minimum atomic E-state index is 0.887. The number of nitrogens with zero attached hydrogens (tertiary/aromatic N) is 2. The van der Waals surface area contributed by atoms with Crippen LogP contribution in [0.2, 0.25) is 0 Å². The summed E-state index contributed by atoms with van der Waals surface area (Å²) in [6.45, 7) is 0. The van der Waals surface area contributed by atoms with Crippen molar-refractivity contribution in [2.75, 3.05) is 4.90 Å². The van der Waals surface area contributed by atoms with Gasteiger partial charge in [0.05, 0.1) is 16.7 Å². The fourth-order valence-corrected chi connectivity index (χ4v) is 9.24. The Morgan fingerprint density at radius 2 is 0.881 bits per heavy atom. The average Bonchev–Trinajstić information content (AvgIpc) is 3.84. The Morgan fingerprint density at radius 3 is 1.63 bits per heavy atom. The molecule has 0 amide bonds. The van der Waals surface area contributed by atoms with Crippen LogP contribution in [0.4, 0.5) is 17.1 Å². The van der Waals surface area contributed by atoms with Crippen LogP contribution in [0.3, 0.4) is 0 Å². The molecule has 276 valence electrons. The molecule has 0 bridgehead atoms. The Hall–Kier alpha value is -7.88. The largest absolute Gasteiger partial charge is 0.455 e. The maximum absolute atomic E-state index is 6.80. The molecule has 0 aliphatic rings. The van der Waals surface area contributed by atoms with Gasteiger partial charge in [-0.2, -0.15) is 0 Å². The Balaban J connectivity index is 1.04. The van der Waals surface area contributed by atoms with E-state index in [-0.39, 0.29) is 0 Å². The van der Waals surface area contributed by atoms with E-state index in [1.807, 2.05) is 0 Å². The van der Waals surface area contributed by atoms with Gasteiger partial charge < -0.3 is 13.9 Å². The van der Waals surface area contributed by atoms with Gasteiger partial charge in [0.2, 0.25) is 0 Å². The van der Waals surface area contributed by atoms with Gasteiger partial charge in [-0.1, -0.05) is 152 Å². The fraction of sp³-hybridized carbons (Fsp3) is 0. The number of rotatable bonds is 6. The van der Waals surface area contributed by atoms with Gasteiger partial charge in [-0.25, -0.2) is 0 Å². The molecule has 2 heterocycles. The van der Waals surface area contributed by atoms with Crippen LogP contribution in [0.15, 0.2) is 223 Å². The van der Waals surface area contributed by atoms with Crippen molar-refractivity contribution in [2.45, 2.75) is 0 Å². The van der Waals surface area contributed by atoms with Crippen molar-refractivity contribution in [1.29, 1.82) is 0 Å². The maximum Gasteiger partial charge on any atom is 0.143 e. The number of anilines is 3. The van der Waals surface area contributed by atoms with Gasteiger partial charge in [-0.05, 0) is 99.4 Å². The lowest BCUT2D eigenvalue weighted by molar-refractivity contribution is 0.670. The molecule has 12 aromatic rings. The Bertz CT molecular complexity index is 3500. The number of fused-ring (bicyclic) bond motifs is 8. The topological polar surface area (TPSA) is 21.3 Å². The second kappa shape index (κ2) is 13.4. The third-order valence-electron chi connectivity index (χ3n) is 12.0. The average molecular weight is 753 g/mol. The van der Waals surface area contributed by atoms with E-state index in [0.29, 0.717) is 0 Å². The van der Waals surface area contributed by atoms with Crippen LogP contribution in [0.25, 0.3) is 93.2 Å². The van der Waals surface area contributed by atoms with Gasteiger partial charge in [-0.15, -0.1) is 0 Å². The lowest BCUT2D eigenvalue weighted by Gasteiger charge is -2.28. The predicted octanol–water partition coefficient (Wildman–Crippen LogP) is 15.8. The van der Waals surface area contributed by atoms with Crippen molar-refractivity contribution < 1.29 is 4.42 Å². The van der Waals surface area contributed by atoms with Crippen molar-refractivity contribution in [2.24, 2.45) is 0 Å². The van der Waals surface area contributed by atoms with Crippen LogP contribution in [-0.2, 0) is 0 Å². The zero-order valence-corrected chi connectivity index (χ0v) is 32.1. The highest BCUT2D eigenvalue weighted by molar-refractivity contribution is 6.14. The summed E-state index contributed by atoms with van der Waals surface area (Å²) in [6, 6.07) is 78.7. The highest BCUT2D eigenvalue weighted by atomic mass is 16.3. The highest BCUT2D eigenvalue weighted by Gasteiger charge is 2.21. The smallest absolute Gasteiger partial charge is 0.143 e. The molecule has 0 atom stereocenters. The molecule has 12 rings (SSSR count). The lowest BCUT2D eigenvalue weighted by Crippen LogP contribution is -2.11. The lowest BCUT2D eigenvalue weighted by atomic mass is 9.97. The molecule has 0 aliphatic carbocycles. The number of hydrogen-bond acceptors (Lipinski definition) is 2. The first kappa shape index (κ1) is 33.3. The van der Waals surface area contributed by atoms with E-state index >= 15 is 0 Å². The SMILES string of the molecule is c1ccc(N(c2ccc(-c3cccc4ccccc34)cc2)c2ccc(-n3c4ccccc4c4ccccc43)cc2)c(-c2cccc3c2oc2cc4ccccc4cc23)c1. The molecule has 0 aliphatic heterocycles. The van der Waals surface area contributed by atoms with E-state index in [2.05, 4.69) is 228 Å². The quantitative estimate of drug-likeness (QED) is 0.169. The second-order valence-corrected chi connectivity index (χ2v) is 15.3. The predicted molar refractivity (Wildman–Crippen MR) is 249 cm³/mol. The number of benzene rings is 10. The molecule has 0 saturated heterocycles. The minimum absolute atomic E-state index is 0.887. The van der Waals surface area contributed by atoms with Crippen LogP contribution in [0.5, 0.6) is 0 Å². The molecule has 10 aromatic carbocycles. The molecule has 3 heteroatoms. The Morgan fingerprint density at radius 1 is 0.356 bits per heavy atom. The van der Waals surface area contributed by atoms with E-state index in [1.165, 1.54) is 54.5 Å². The molecule has 3 nitrogen and oxygen atoms in total. The molecule has 0 radical (unpaired) electrons. The normalized spacial score (nSPS) is 11.7. The third kappa shape index (κ3) is 5.36. The van der Waals surface area contributed by atoms with Gasteiger partial charge in [0, 0.05) is 49.7 Å².